The molecule has 17 heavy (non-hydrogen) atoms. The number of thioether (sulfide) groups is 1. The summed E-state index contributed by atoms with van der Waals surface area (Å²) >= 11 is 2.06. The summed E-state index contributed by atoms with van der Waals surface area (Å²) in [5, 5.41) is 3.58. The molecule has 0 fully saturated rings. The van der Waals surface area contributed by atoms with Crippen LogP contribution in [0.25, 0.3) is 0 Å². The molecule has 0 aromatic heterocycles. The number of hydrogen-bond donors (Lipinski definition) is 1. The van der Waals surface area contributed by atoms with Gasteiger partial charge in [0.25, 0.3) is 0 Å². The molecule has 104 valence electrons. The van der Waals surface area contributed by atoms with Gasteiger partial charge in [0.1, 0.15) is 0 Å². The molecular weight excluding hydrogens is 230 g/mol. The largest absolute Gasteiger partial charge is 0.379 e. The van der Waals surface area contributed by atoms with E-state index in [-0.39, 0.29) is 5.60 Å². The van der Waals surface area contributed by atoms with Crippen LogP contribution in [0.1, 0.15) is 47.5 Å². The van der Waals surface area contributed by atoms with Crippen LogP contribution in [0.3, 0.4) is 0 Å². The molecule has 0 aromatic carbocycles. The first-order valence-corrected chi connectivity index (χ1v) is 7.93. The van der Waals surface area contributed by atoms with E-state index in [1.807, 2.05) is 0 Å². The van der Waals surface area contributed by atoms with Crippen molar-refractivity contribution < 1.29 is 4.74 Å². The predicted octanol–water partition coefficient (Wildman–Crippen LogP) is 3.56. The molecule has 0 radical (unpaired) electrons. The van der Waals surface area contributed by atoms with Crippen molar-refractivity contribution in [2.75, 3.05) is 25.2 Å². The second kappa shape index (κ2) is 9.23. The fourth-order valence-electron chi connectivity index (χ4n) is 1.60. The zero-order chi connectivity index (χ0) is 13.3. The zero-order valence-electron chi connectivity index (χ0n) is 12.5. The van der Waals surface area contributed by atoms with Gasteiger partial charge in [0.05, 0.1) is 5.60 Å². The molecule has 0 saturated heterocycles. The van der Waals surface area contributed by atoms with Crippen LogP contribution in [0.4, 0.5) is 0 Å². The Kier molecular flexibility index (Phi) is 9.38. The normalized spacial score (nSPS) is 14.3. The summed E-state index contributed by atoms with van der Waals surface area (Å²) in [5.74, 6) is 3.26. The minimum absolute atomic E-state index is 0.0103. The summed E-state index contributed by atoms with van der Waals surface area (Å²) in [6, 6.07) is 0.623. The fourth-order valence-corrected chi connectivity index (χ4v) is 2.78. The minimum Gasteiger partial charge on any atom is -0.379 e. The van der Waals surface area contributed by atoms with Crippen molar-refractivity contribution in [1.82, 2.24) is 5.32 Å². The fraction of sp³-hybridized carbons (Fsp3) is 1.00. The van der Waals surface area contributed by atoms with E-state index in [1.54, 1.807) is 7.11 Å². The van der Waals surface area contributed by atoms with Gasteiger partial charge >= 0.3 is 0 Å². The monoisotopic (exact) mass is 261 g/mol. The van der Waals surface area contributed by atoms with Crippen LogP contribution in [-0.2, 0) is 4.74 Å². The molecular formula is C14H31NOS. The highest BCUT2D eigenvalue weighted by atomic mass is 32.2. The SMILES string of the molecule is CCNC(CCC(C)(C)OC)CSCC(C)C. The molecule has 0 saturated carbocycles. The Balaban J connectivity index is 3.89. The summed E-state index contributed by atoms with van der Waals surface area (Å²) in [6.07, 6.45) is 2.31. The molecule has 0 rings (SSSR count). The molecule has 1 unspecified atom stereocenters. The van der Waals surface area contributed by atoms with E-state index in [9.17, 15) is 0 Å². The molecule has 0 aliphatic heterocycles. The standard InChI is InChI=1S/C14H31NOS/c1-7-15-13(11-17-10-12(2)3)8-9-14(4,5)16-6/h12-13,15H,7-11H2,1-6H3. The summed E-state index contributed by atoms with van der Waals surface area (Å²) in [7, 11) is 1.80. The lowest BCUT2D eigenvalue weighted by Gasteiger charge is -2.26. The van der Waals surface area contributed by atoms with Gasteiger partial charge in [-0.15, -0.1) is 0 Å². The van der Waals surface area contributed by atoms with Gasteiger partial charge in [-0.2, -0.15) is 11.8 Å². The van der Waals surface area contributed by atoms with Gasteiger partial charge in [-0.05, 0) is 44.9 Å². The zero-order valence-corrected chi connectivity index (χ0v) is 13.3. The second-order valence-corrected chi connectivity index (χ2v) is 6.76. The Morgan fingerprint density at radius 3 is 2.35 bits per heavy atom. The van der Waals surface area contributed by atoms with Gasteiger partial charge in [0, 0.05) is 18.9 Å². The quantitative estimate of drug-likeness (QED) is 0.650. The Morgan fingerprint density at radius 2 is 1.88 bits per heavy atom. The van der Waals surface area contributed by atoms with Gasteiger partial charge in [-0.25, -0.2) is 0 Å². The third-order valence-electron chi connectivity index (χ3n) is 2.91. The lowest BCUT2D eigenvalue weighted by Crippen LogP contribution is -2.34. The Bertz CT molecular complexity index is 183. The lowest BCUT2D eigenvalue weighted by molar-refractivity contribution is 0.0122. The topological polar surface area (TPSA) is 21.3 Å². The van der Waals surface area contributed by atoms with Gasteiger partial charge in [-0.3, -0.25) is 0 Å². The van der Waals surface area contributed by atoms with Crippen molar-refractivity contribution in [3.63, 3.8) is 0 Å². The molecule has 1 atom stereocenters. The van der Waals surface area contributed by atoms with E-state index in [0.29, 0.717) is 6.04 Å². The van der Waals surface area contributed by atoms with Crippen LogP contribution in [0.5, 0.6) is 0 Å². The Labute approximate surface area is 112 Å². The molecule has 0 aromatic rings. The summed E-state index contributed by atoms with van der Waals surface area (Å²) in [5.41, 5.74) is 0.0103. The predicted molar refractivity (Wildman–Crippen MR) is 79.9 cm³/mol. The number of methoxy groups -OCH3 is 1. The molecule has 1 N–H and O–H groups in total. The van der Waals surface area contributed by atoms with E-state index in [0.717, 1.165) is 18.9 Å². The summed E-state index contributed by atoms with van der Waals surface area (Å²) in [6.45, 7) is 12.1. The van der Waals surface area contributed by atoms with Gasteiger partial charge in [-0.1, -0.05) is 20.8 Å². The number of hydrogen-bond acceptors (Lipinski definition) is 3. The average molecular weight is 261 g/mol. The molecule has 0 aliphatic carbocycles. The lowest BCUT2D eigenvalue weighted by atomic mass is 9.99. The average Bonchev–Trinajstić information content (AvgIpc) is 2.25. The van der Waals surface area contributed by atoms with Gasteiger partial charge in [0.2, 0.25) is 0 Å². The summed E-state index contributed by atoms with van der Waals surface area (Å²) in [4.78, 5) is 0. The van der Waals surface area contributed by atoms with Crippen LogP contribution in [-0.4, -0.2) is 36.8 Å². The van der Waals surface area contributed by atoms with Gasteiger partial charge in [0.15, 0.2) is 0 Å². The second-order valence-electron chi connectivity index (χ2n) is 5.69. The maximum Gasteiger partial charge on any atom is 0.0623 e. The third kappa shape index (κ3) is 9.93. The van der Waals surface area contributed by atoms with E-state index in [2.05, 4.69) is 51.7 Å². The number of rotatable bonds is 10. The highest BCUT2D eigenvalue weighted by Crippen LogP contribution is 2.19. The first kappa shape index (κ1) is 17.3. The van der Waals surface area contributed by atoms with Gasteiger partial charge < -0.3 is 10.1 Å². The maximum absolute atomic E-state index is 5.47. The van der Waals surface area contributed by atoms with Crippen LogP contribution >= 0.6 is 11.8 Å². The van der Waals surface area contributed by atoms with Crippen molar-refractivity contribution in [2.24, 2.45) is 5.92 Å². The molecule has 2 nitrogen and oxygen atoms in total. The number of nitrogens with one attached hydrogen (secondary N) is 1. The van der Waals surface area contributed by atoms with Crippen LogP contribution in [0.15, 0.2) is 0 Å². The maximum atomic E-state index is 5.47. The highest BCUT2D eigenvalue weighted by Gasteiger charge is 2.18. The number of ether oxygens (including phenoxy) is 1. The van der Waals surface area contributed by atoms with E-state index in [1.165, 1.54) is 17.9 Å². The molecule has 0 spiro atoms. The third-order valence-corrected chi connectivity index (χ3v) is 4.45. The minimum atomic E-state index is 0.0103. The van der Waals surface area contributed by atoms with Crippen molar-refractivity contribution in [1.29, 1.82) is 0 Å². The van der Waals surface area contributed by atoms with E-state index < -0.39 is 0 Å². The Hall–Kier alpha value is 0.270. The highest BCUT2D eigenvalue weighted by molar-refractivity contribution is 7.99. The van der Waals surface area contributed by atoms with E-state index >= 15 is 0 Å². The first-order valence-electron chi connectivity index (χ1n) is 6.77. The van der Waals surface area contributed by atoms with Crippen molar-refractivity contribution in [3.05, 3.63) is 0 Å². The van der Waals surface area contributed by atoms with Crippen LogP contribution in [0.2, 0.25) is 0 Å². The molecule has 0 heterocycles. The smallest absolute Gasteiger partial charge is 0.0623 e. The molecule has 0 bridgehead atoms. The van der Waals surface area contributed by atoms with Crippen molar-refractivity contribution >= 4 is 11.8 Å². The molecule has 3 heteroatoms. The molecule has 0 aliphatic rings. The van der Waals surface area contributed by atoms with Crippen molar-refractivity contribution in [2.45, 2.75) is 59.1 Å². The Morgan fingerprint density at radius 1 is 1.24 bits per heavy atom. The summed E-state index contributed by atoms with van der Waals surface area (Å²) < 4.78 is 5.47. The van der Waals surface area contributed by atoms with Crippen LogP contribution < -0.4 is 5.32 Å². The molecule has 0 amide bonds. The first-order chi connectivity index (χ1) is 7.91. The van der Waals surface area contributed by atoms with Crippen molar-refractivity contribution in [3.8, 4) is 0 Å². The van der Waals surface area contributed by atoms with E-state index in [4.69, 9.17) is 4.74 Å². The van der Waals surface area contributed by atoms with Crippen LogP contribution in [0, 0.1) is 5.92 Å².